The molecule has 1 unspecified atom stereocenters. The van der Waals surface area contributed by atoms with Crippen LogP contribution in [0, 0.1) is 5.41 Å². The lowest BCUT2D eigenvalue weighted by Gasteiger charge is -2.36. The maximum absolute atomic E-state index is 13.2. The maximum atomic E-state index is 13.2. The molecule has 7 nitrogen and oxygen atoms in total. The fourth-order valence-electron chi connectivity index (χ4n) is 4.51. The molecule has 0 N–H and O–H groups in total. The van der Waals surface area contributed by atoms with Crippen LogP contribution < -0.4 is 0 Å². The van der Waals surface area contributed by atoms with Gasteiger partial charge < -0.3 is 14.1 Å². The van der Waals surface area contributed by atoms with Gasteiger partial charge in [-0.15, -0.1) is 10.2 Å². The fraction of sp³-hybridized carbons (Fsp3) is 0.364. The molecular formula is C22H21ClN4O3. The fourth-order valence-corrected chi connectivity index (χ4v) is 4.64. The lowest BCUT2D eigenvalue weighted by atomic mass is 9.72. The molecule has 154 valence electrons. The molecular weight excluding hydrogens is 404 g/mol. The SMILES string of the molecule is O=C(c1ccc(Cl)cc1)N1CC(c2nnc(-c3ccncc3)o2)C2(CCOCC2)C1. The van der Waals surface area contributed by atoms with Crippen molar-refractivity contribution in [2.45, 2.75) is 18.8 Å². The van der Waals surface area contributed by atoms with Gasteiger partial charge in [-0.1, -0.05) is 11.6 Å². The van der Waals surface area contributed by atoms with E-state index in [0.29, 0.717) is 48.7 Å². The van der Waals surface area contributed by atoms with Crippen molar-refractivity contribution in [2.75, 3.05) is 26.3 Å². The van der Waals surface area contributed by atoms with Gasteiger partial charge in [0.05, 0.1) is 5.92 Å². The Kier molecular flexibility index (Phi) is 5.00. The van der Waals surface area contributed by atoms with E-state index in [4.69, 9.17) is 20.8 Å². The molecule has 1 amide bonds. The highest BCUT2D eigenvalue weighted by atomic mass is 35.5. The van der Waals surface area contributed by atoms with Gasteiger partial charge in [-0.25, -0.2) is 0 Å². The van der Waals surface area contributed by atoms with Crippen LogP contribution in [0.4, 0.5) is 0 Å². The Morgan fingerprint density at radius 1 is 1.07 bits per heavy atom. The van der Waals surface area contributed by atoms with E-state index in [9.17, 15) is 4.79 Å². The lowest BCUT2D eigenvalue weighted by molar-refractivity contribution is 0.00908. The van der Waals surface area contributed by atoms with Crippen molar-refractivity contribution < 1.29 is 13.9 Å². The first-order valence-corrected chi connectivity index (χ1v) is 10.4. The molecule has 1 aromatic carbocycles. The van der Waals surface area contributed by atoms with Crippen LogP contribution in [0.2, 0.25) is 5.02 Å². The summed E-state index contributed by atoms with van der Waals surface area (Å²) in [5.74, 6) is 1.02. The minimum atomic E-state index is -0.123. The minimum absolute atomic E-state index is 0.00564. The molecule has 1 atom stereocenters. The highest BCUT2D eigenvalue weighted by Gasteiger charge is 2.51. The zero-order chi connectivity index (χ0) is 20.6. The van der Waals surface area contributed by atoms with Gasteiger partial charge in [0, 0.05) is 60.3 Å². The van der Waals surface area contributed by atoms with Crippen LogP contribution in [0.15, 0.2) is 53.2 Å². The predicted molar refractivity (Wildman–Crippen MR) is 110 cm³/mol. The summed E-state index contributed by atoms with van der Waals surface area (Å²) in [5.41, 5.74) is 1.34. The Morgan fingerprint density at radius 2 is 1.80 bits per heavy atom. The molecule has 8 heteroatoms. The molecule has 4 heterocycles. The van der Waals surface area contributed by atoms with Gasteiger partial charge in [-0.3, -0.25) is 9.78 Å². The standard InChI is InChI=1S/C22H21ClN4O3/c23-17-3-1-16(2-4-17)21(28)27-13-18(22(14-27)7-11-29-12-8-22)20-26-25-19(30-20)15-5-9-24-10-6-15/h1-6,9-10,18H,7-8,11-14H2. The first-order valence-electron chi connectivity index (χ1n) is 10.0. The van der Waals surface area contributed by atoms with E-state index in [0.717, 1.165) is 18.4 Å². The second-order valence-electron chi connectivity index (χ2n) is 7.90. The van der Waals surface area contributed by atoms with Gasteiger partial charge in [0.1, 0.15) is 0 Å². The van der Waals surface area contributed by atoms with Crippen LogP contribution in [0.3, 0.4) is 0 Å². The van der Waals surface area contributed by atoms with Gasteiger partial charge in [-0.2, -0.15) is 0 Å². The summed E-state index contributed by atoms with van der Waals surface area (Å²) < 4.78 is 11.7. The van der Waals surface area contributed by atoms with E-state index >= 15 is 0 Å². The van der Waals surface area contributed by atoms with Gasteiger partial charge >= 0.3 is 0 Å². The number of ether oxygens (including phenoxy) is 1. The molecule has 0 saturated carbocycles. The second kappa shape index (κ2) is 7.81. The van der Waals surface area contributed by atoms with E-state index < -0.39 is 0 Å². The number of carbonyl (C=O) groups excluding carboxylic acids is 1. The highest BCUT2D eigenvalue weighted by Crippen LogP contribution is 2.49. The maximum Gasteiger partial charge on any atom is 0.253 e. The zero-order valence-corrected chi connectivity index (χ0v) is 17.1. The topological polar surface area (TPSA) is 81.4 Å². The van der Waals surface area contributed by atoms with E-state index in [-0.39, 0.29) is 17.2 Å². The van der Waals surface area contributed by atoms with Crippen molar-refractivity contribution in [3.05, 3.63) is 65.3 Å². The van der Waals surface area contributed by atoms with E-state index in [1.165, 1.54) is 0 Å². The second-order valence-corrected chi connectivity index (χ2v) is 8.34. The average Bonchev–Trinajstić information content (AvgIpc) is 3.40. The molecule has 5 rings (SSSR count). The molecule has 2 fully saturated rings. The predicted octanol–water partition coefficient (Wildman–Crippen LogP) is 3.82. The van der Waals surface area contributed by atoms with Crippen LogP contribution >= 0.6 is 11.6 Å². The molecule has 2 saturated heterocycles. The quantitative estimate of drug-likeness (QED) is 0.635. The van der Waals surface area contributed by atoms with E-state index in [1.807, 2.05) is 17.0 Å². The Balaban J connectivity index is 1.45. The number of pyridine rings is 1. The van der Waals surface area contributed by atoms with Gasteiger partial charge in [0.2, 0.25) is 11.8 Å². The van der Waals surface area contributed by atoms with Crippen molar-refractivity contribution in [2.24, 2.45) is 5.41 Å². The average molecular weight is 425 g/mol. The number of hydrogen-bond donors (Lipinski definition) is 0. The smallest absolute Gasteiger partial charge is 0.253 e. The molecule has 2 aromatic heterocycles. The number of amides is 1. The van der Waals surface area contributed by atoms with Crippen LogP contribution in [0.1, 0.15) is 35.0 Å². The van der Waals surface area contributed by atoms with E-state index in [1.54, 1.807) is 36.7 Å². The lowest BCUT2D eigenvalue weighted by Crippen LogP contribution is -2.37. The summed E-state index contributed by atoms with van der Waals surface area (Å²) in [6, 6.07) is 10.7. The number of likely N-dealkylation sites (tertiary alicyclic amines) is 1. The first-order chi connectivity index (χ1) is 14.6. The number of benzene rings is 1. The number of aromatic nitrogens is 3. The summed E-state index contributed by atoms with van der Waals surface area (Å²) in [7, 11) is 0. The summed E-state index contributed by atoms with van der Waals surface area (Å²) >= 11 is 5.98. The zero-order valence-electron chi connectivity index (χ0n) is 16.3. The van der Waals surface area contributed by atoms with Gasteiger partial charge in [0.25, 0.3) is 5.91 Å². The molecule has 1 spiro atoms. The third-order valence-corrected chi connectivity index (χ3v) is 6.43. The molecule has 0 aliphatic carbocycles. The number of nitrogens with zero attached hydrogens (tertiary/aromatic N) is 4. The van der Waals surface area contributed by atoms with Crippen LogP contribution in [-0.4, -0.2) is 52.3 Å². The number of rotatable bonds is 3. The Bertz CT molecular complexity index is 1030. The summed E-state index contributed by atoms with van der Waals surface area (Å²) in [6.45, 7) is 2.53. The molecule has 2 aliphatic heterocycles. The Morgan fingerprint density at radius 3 is 2.53 bits per heavy atom. The van der Waals surface area contributed by atoms with Crippen LogP contribution in [0.5, 0.6) is 0 Å². The summed E-state index contributed by atoms with van der Waals surface area (Å²) in [6.07, 6.45) is 5.10. The van der Waals surface area contributed by atoms with Crippen molar-refractivity contribution in [1.82, 2.24) is 20.1 Å². The van der Waals surface area contributed by atoms with Crippen molar-refractivity contribution in [1.29, 1.82) is 0 Å². The summed E-state index contributed by atoms with van der Waals surface area (Å²) in [5, 5.41) is 9.23. The van der Waals surface area contributed by atoms with Gasteiger partial charge in [-0.05, 0) is 49.2 Å². The number of carbonyl (C=O) groups is 1. The molecule has 0 radical (unpaired) electrons. The third-order valence-electron chi connectivity index (χ3n) is 6.18. The largest absolute Gasteiger partial charge is 0.420 e. The van der Waals surface area contributed by atoms with Crippen molar-refractivity contribution in [3.63, 3.8) is 0 Å². The Labute approximate surface area is 179 Å². The minimum Gasteiger partial charge on any atom is -0.420 e. The van der Waals surface area contributed by atoms with E-state index in [2.05, 4.69) is 15.2 Å². The molecule has 30 heavy (non-hydrogen) atoms. The normalized spacial score (nSPS) is 20.6. The van der Waals surface area contributed by atoms with Crippen LogP contribution in [0.25, 0.3) is 11.5 Å². The van der Waals surface area contributed by atoms with Crippen molar-refractivity contribution in [3.8, 4) is 11.5 Å². The third kappa shape index (κ3) is 3.48. The van der Waals surface area contributed by atoms with Crippen LogP contribution in [-0.2, 0) is 4.74 Å². The number of hydrogen-bond acceptors (Lipinski definition) is 6. The summed E-state index contributed by atoms with van der Waals surface area (Å²) in [4.78, 5) is 19.1. The monoisotopic (exact) mass is 424 g/mol. The molecule has 3 aromatic rings. The number of halogens is 1. The van der Waals surface area contributed by atoms with Gasteiger partial charge in [0.15, 0.2) is 0 Å². The Hall–Kier alpha value is -2.77. The van der Waals surface area contributed by atoms with Crippen molar-refractivity contribution >= 4 is 17.5 Å². The molecule has 2 aliphatic rings. The molecule has 0 bridgehead atoms. The highest BCUT2D eigenvalue weighted by molar-refractivity contribution is 6.30. The first kappa shape index (κ1) is 19.2.